The van der Waals surface area contributed by atoms with Gasteiger partial charge in [0.15, 0.2) is 0 Å². The Hall–Kier alpha value is -2.82. The van der Waals surface area contributed by atoms with Crippen molar-refractivity contribution in [2.45, 2.75) is 19.4 Å². The van der Waals surface area contributed by atoms with Gasteiger partial charge >= 0.3 is 0 Å². The summed E-state index contributed by atoms with van der Waals surface area (Å²) < 4.78 is 5.34. The van der Waals surface area contributed by atoms with E-state index >= 15 is 0 Å². The van der Waals surface area contributed by atoms with Gasteiger partial charge in [0.2, 0.25) is 5.91 Å². The van der Waals surface area contributed by atoms with E-state index in [2.05, 4.69) is 5.32 Å². The van der Waals surface area contributed by atoms with Gasteiger partial charge in [-0.3, -0.25) is 9.59 Å². The normalized spacial score (nSPS) is 17.6. The fourth-order valence-corrected chi connectivity index (χ4v) is 3.16. The summed E-state index contributed by atoms with van der Waals surface area (Å²) in [4.78, 5) is 27.0. The summed E-state index contributed by atoms with van der Waals surface area (Å²) in [6.45, 7) is 2.87. The maximum absolute atomic E-state index is 13.2. The lowest BCUT2D eigenvalue weighted by Crippen LogP contribution is -2.36. The summed E-state index contributed by atoms with van der Waals surface area (Å²) in [7, 11) is 1.60. The molecule has 1 saturated heterocycles. The minimum Gasteiger partial charge on any atom is -0.496 e. The van der Waals surface area contributed by atoms with Gasteiger partial charge in [-0.1, -0.05) is 36.4 Å². The van der Waals surface area contributed by atoms with Crippen molar-refractivity contribution in [1.82, 2.24) is 10.2 Å². The average Bonchev–Trinajstić information content (AvgIpc) is 2.84. The third kappa shape index (κ3) is 3.65. The van der Waals surface area contributed by atoms with Crippen LogP contribution < -0.4 is 10.1 Å². The van der Waals surface area contributed by atoms with Crippen molar-refractivity contribution in [3.63, 3.8) is 0 Å². The van der Waals surface area contributed by atoms with E-state index in [1.54, 1.807) is 18.1 Å². The molecule has 130 valence electrons. The molecule has 3 rings (SSSR count). The van der Waals surface area contributed by atoms with Gasteiger partial charge < -0.3 is 15.0 Å². The van der Waals surface area contributed by atoms with E-state index in [0.717, 1.165) is 11.1 Å². The van der Waals surface area contributed by atoms with Crippen molar-refractivity contribution < 1.29 is 14.3 Å². The van der Waals surface area contributed by atoms with E-state index in [-0.39, 0.29) is 24.3 Å². The summed E-state index contributed by atoms with van der Waals surface area (Å²) in [6, 6.07) is 14.9. The molecule has 5 heteroatoms. The summed E-state index contributed by atoms with van der Waals surface area (Å²) in [6.07, 6.45) is 0.263. The maximum atomic E-state index is 13.2. The van der Waals surface area contributed by atoms with Gasteiger partial charge in [0.05, 0.1) is 19.6 Å². The van der Waals surface area contributed by atoms with Crippen LogP contribution in [0.3, 0.4) is 0 Å². The van der Waals surface area contributed by atoms with Gasteiger partial charge in [-0.25, -0.2) is 0 Å². The number of nitrogens with one attached hydrogen (secondary N) is 1. The molecule has 0 bridgehead atoms. The third-order valence-electron chi connectivity index (χ3n) is 4.53. The number of methoxy groups -OCH3 is 1. The predicted octanol–water partition coefficient (Wildman–Crippen LogP) is 2.71. The average molecular weight is 338 g/mol. The van der Waals surface area contributed by atoms with Crippen LogP contribution in [0.5, 0.6) is 5.75 Å². The van der Waals surface area contributed by atoms with E-state index in [4.69, 9.17) is 4.74 Å². The van der Waals surface area contributed by atoms with E-state index in [9.17, 15) is 9.59 Å². The quantitative estimate of drug-likeness (QED) is 0.936. The van der Waals surface area contributed by atoms with Crippen LogP contribution in [-0.2, 0) is 4.79 Å². The maximum Gasteiger partial charge on any atom is 0.254 e. The molecule has 2 aromatic rings. The number of hydrogen-bond donors (Lipinski definition) is 1. The lowest BCUT2D eigenvalue weighted by molar-refractivity contribution is -0.121. The van der Waals surface area contributed by atoms with Crippen LogP contribution in [0.2, 0.25) is 0 Å². The van der Waals surface area contributed by atoms with Crippen molar-refractivity contribution in [3.05, 3.63) is 65.2 Å². The minimum absolute atomic E-state index is 0.0364. The topological polar surface area (TPSA) is 58.6 Å². The van der Waals surface area contributed by atoms with E-state index in [0.29, 0.717) is 24.4 Å². The number of hydrogen-bond acceptors (Lipinski definition) is 3. The SMILES string of the molecule is COc1cc(C(=O)N2CCNC(=O)C[C@@H]2c2ccccc2)ccc1C. The first-order chi connectivity index (χ1) is 12.1. The summed E-state index contributed by atoms with van der Waals surface area (Å²) in [5, 5.41) is 2.85. The Morgan fingerprint density at radius 1 is 1.20 bits per heavy atom. The molecule has 1 N–H and O–H groups in total. The zero-order chi connectivity index (χ0) is 17.8. The molecule has 2 aromatic carbocycles. The first-order valence-electron chi connectivity index (χ1n) is 8.37. The van der Waals surface area contributed by atoms with Gasteiger partial charge in [0, 0.05) is 18.7 Å². The monoisotopic (exact) mass is 338 g/mol. The van der Waals surface area contributed by atoms with Crippen molar-refractivity contribution in [1.29, 1.82) is 0 Å². The molecule has 1 heterocycles. The Balaban J connectivity index is 1.96. The smallest absolute Gasteiger partial charge is 0.254 e. The number of carbonyl (C=O) groups is 2. The lowest BCUT2D eigenvalue weighted by Gasteiger charge is -2.30. The molecule has 1 aliphatic rings. The number of carbonyl (C=O) groups excluding carboxylic acids is 2. The number of amides is 2. The predicted molar refractivity (Wildman–Crippen MR) is 95.6 cm³/mol. The molecular weight excluding hydrogens is 316 g/mol. The molecule has 2 amide bonds. The molecule has 0 aromatic heterocycles. The van der Waals surface area contributed by atoms with Crippen LogP contribution in [0.1, 0.15) is 33.9 Å². The second kappa shape index (κ2) is 7.38. The second-order valence-corrected chi connectivity index (χ2v) is 6.16. The highest BCUT2D eigenvalue weighted by atomic mass is 16.5. The molecule has 1 atom stereocenters. The number of aryl methyl sites for hydroxylation is 1. The zero-order valence-electron chi connectivity index (χ0n) is 14.5. The molecular formula is C20H22N2O3. The Kier molecular flexibility index (Phi) is 5.03. The molecule has 1 fully saturated rings. The van der Waals surface area contributed by atoms with Crippen molar-refractivity contribution in [2.24, 2.45) is 0 Å². The van der Waals surface area contributed by atoms with Gasteiger partial charge in [-0.2, -0.15) is 0 Å². The Morgan fingerprint density at radius 3 is 2.68 bits per heavy atom. The van der Waals surface area contributed by atoms with E-state index < -0.39 is 0 Å². The highest BCUT2D eigenvalue weighted by Gasteiger charge is 2.30. The lowest BCUT2D eigenvalue weighted by atomic mass is 10.0. The number of nitrogens with zero attached hydrogens (tertiary/aromatic N) is 1. The number of benzene rings is 2. The Morgan fingerprint density at radius 2 is 1.96 bits per heavy atom. The second-order valence-electron chi connectivity index (χ2n) is 6.16. The van der Waals surface area contributed by atoms with Gasteiger partial charge in [0.25, 0.3) is 5.91 Å². The van der Waals surface area contributed by atoms with Crippen LogP contribution in [0.25, 0.3) is 0 Å². The fraction of sp³-hybridized carbons (Fsp3) is 0.300. The number of ether oxygens (including phenoxy) is 1. The van der Waals surface area contributed by atoms with Crippen LogP contribution in [0, 0.1) is 6.92 Å². The van der Waals surface area contributed by atoms with Crippen LogP contribution in [0.4, 0.5) is 0 Å². The van der Waals surface area contributed by atoms with Crippen LogP contribution in [0.15, 0.2) is 48.5 Å². The summed E-state index contributed by atoms with van der Waals surface area (Å²) >= 11 is 0. The van der Waals surface area contributed by atoms with Crippen molar-refractivity contribution >= 4 is 11.8 Å². The van der Waals surface area contributed by atoms with E-state index in [1.165, 1.54) is 0 Å². The molecule has 0 aliphatic carbocycles. The Labute approximate surface area is 147 Å². The summed E-state index contributed by atoms with van der Waals surface area (Å²) in [5.74, 6) is 0.556. The molecule has 0 spiro atoms. The summed E-state index contributed by atoms with van der Waals surface area (Å²) in [5.41, 5.74) is 2.51. The molecule has 5 nitrogen and oxygen atoms in total. The largest absolute Gasteiger partial charge is 0.496 e. The molecule has 25 heavy (non-hydrogen) atoms. The third-order valence-corrected chi connectivity index (χ3v) is 4.53. The van der Waals surface area contributed by atoms with Crippen LogP contribution in [-0.4, -0.2) is 36.9 Å². The highest BCUT2D eigenvalue weighted by Crippen LogP contribution is 2.28. The first kappa shape index (κ1) is 17.0. The minimum atomic E-state index is -0.275. The van der Waals surface area contributed by atoms with Crippen molar-refractivity contribution in [3.8, 4) is 5.75 Å². The van der Waals surface area contributed by atoms with Gasteiger partial charge in [-0.15, -0.1) is 0 Å². The molecule has 0 saturated carbocycles. The first-order valence-corrected chi connectivity index (χ1v) is 8.37. The van der Waals surface area contributed by atoms with Gasteiger partial charge in [0.1, 0.15) is 5.75 Å². The number of rotatable bonds is 3. The highest BCUT2D eigenvalue weighted by molar-refractivity contribution is 5.95. The van der Waals surface area contributed by atoms with Crippen LogP contribution >= 0.6 is 0 Å². The standard InChI is InChI=1S/C20H22N2O3/c1-14-8-9-16(12-18(14)25-2)20(24)22-11-10-21-19(23)13-17(22)15-6-4-3-5-7-15/h3-9,12,17H,10-11,13H2,1-2H3,(H,21,23)/t17-/m1/s1. The zero-order valence-corrected chi connectivity index (χ0v) is 14.5. The van der Waals surface area contributed by atoms with Crippen molar-refractivity contribution in [2.75, 3.05) is 20.2 Å². The Bertz CT molecular complexity index is 774. The molecule has 0 radical (unpaired) electrons. The van der Waals surface area contributed by atoms with E-state index in [1.807, 2.05) is 49.4 Å². The molecule has 1 aliphatic heterocycles. The molecule has 0 unspecified atom stereocenters. The van der Waals surface area contributed by atoms with Gasteiger partial charge in [-0.05, 0) is 30.2 Å². The fourth-order valence-electron chi connectivity index (χ4n) is 3.16.